The molecule has 17 heavy (non-hydrogen) atoms. The van der Waals surface area contributed by atoms with Crippen molar-refractivity contribution in [3.8, 4) is 0 Å². The Kier molecular flexibility index (Phi) is 5.56. The van der Waals surface area contributed by atoms with Crippen molar-refractivity contribution < 1.29 is 9.53 Å². The van der Waals surface area contributed by atoms with Gasteiger partial charge in [0, 0.05) is 4.90 Å². The first-order valence-electron chi connectivity index (χ1n) is 5.92. The van der Waals surface area contributed by atoms with E-state index in [1.54, 1.807) is 11.8 Å². The number of methoxy groups -OCH3 is 1. The Morgan fingerprint density at radius 3 is 2.29 bits per heavy atom. The first kappa shape index (κ1) is 14.1. The van der Waals surface area contributed by atoms with Gasteiger partial charge < -0.3 is 4.74 Å². The summed E-state index contributed by atoms with van der Waals surface area (Å²) in [5.74, 6) is 0.114. The number of carbonyl (C=O) groups excluding carboxylic acids is 1. The molecule has 2 nitrogen and oxygen atoms in total. The third-order valence-corrected chi connectivity index (χ3v) is 4.17. The molecule has 0 spiro atoms. The summed E-state index contributed by atoms with van der Waals surface area (Å²) in [6, 6.07) is 8.36. The number of thioether (sulfide) groups is 1. The average molecular weight is 252 g/mol. The third-order valence-electron chi connectivity index (χ3n) is 2.63. The molecule has 3 heteroatoms. The van der Waals surface area contributed by atoms with Gasteiger partial charge in [-0.2, -0.15) is 0 Å². The van der Waals surface area contributed by atoms with E-state index in [1.807, 2.05) is 13.8 Å². The first-order chi connectivity index (χ1) is 8.08. The Hall–Kier alpha value is -0.960. The molecule has 0 saturated carbocycles. The summed E-state index contributed by atoms with van der Waals surface area (Å²) in [6.45, 7) is 6.21. The van der Waals surface area contributed by atoms with Gasteiger partial charge in [0.2, 0.25) is 0 Å². The van der Waals surface area contributed by atoms with Gasteiger partial charge in [0.25, 0.3) is 0 Å². The van der Waals surface area contributed by atoms with E-state index in [0.29, 0.717) is 0 Å². The monoisotopic (exact) mass is 252 g/mol. The lowest BCUT2D eigenvalue weighted by Crippen LogP contribution is -2.24. The molecule has 0 N–H and O–H groups in total. The molecule has 0 aliphatic rings. The number of carbonyl (C=O) groups is 1. The van der Waals surface area contributed by atoms with E-state index in [1.165, 1.54) is 12.7 Å². The molecular formula is C14H20O2S. The number of esters is 1. The van der Waals surface area contributed by atoms with Gasteiger partial charge in [-0.05, 0) is 30.0 Å². The standard InChI is InChI=1S/C14H20O2S/c1-5-11-6-8-12(9-7-11)17-13(10(2)3)14(15)16-4/h6-10,13H,5H2,1-4H3. The van der Waals surface area contributed by atoms with Crippen LogP contribution in [-0.4, -0.2) is 18.3 Å². The molecule has 0 bridgehead atoms. The fourth-order valence-electron chi connectivity index (χ4n) is 1.52. The van der Waals surface area contributed by atoms with Crippen molar-refractivity contribution in [1.82, 2.24) is 0 Å². The van der Waals surface area contributed by atoms with Crippen LogP contribution in [0.1, 0.15) is 26.3 Å². The predicted molar refractivity (Wildman–Crippen MR) is 72.3 cm³/mol. The largest absolute Gasteiger partial charge is 0.468 e. The van der Waals surface area contributed by atoms with Gasteiger partial charge in [-0.25, -0.2) is 0 Å². The number of hydrogen-bond donors (Lipinski definition) is 0. The maximum Gasteiger partial charge on any atom is 0.319 e. The zero-order valence-corrected chi connectivity index (χ0v) is 11.7. The van der Waals surface area contributed by atoms with Crippen LogP contribution in [0.15, 0.2) is 29.2 Å². The Morgan fingerprint density at radius 1 is 1.29 bits per heavy atom. The van der Waals surface area contributed by atoms with Crippen LogP contribution in [0.4, 0.5) is 0 Å². The van der Waals surface area contributed by atoms with E-state index < -0.39 is 0 Å². The molecule has 1 rings (SSSR count). The van der Waals surface area contributed by atoms with Gasteiger partial charge in [0.1, 0.15) is 5.25 Å². The maximum absolute atomic E-state index is 11.6. The highest BCUT2D eigenvalue weighted by Gasteiger charge is 2.23. The van der Waals surface area contributed by atoms with Crippen LogP contribution in [0.3, 0.4) is 0 Å². The number of hydrogen-bond acceptors (Lipinski definition) is 3. The van der Waals surface area contributed by atoms with Crippen LogP contribution in [0, 0.1) is 5.92 Å². The van der Waals surface area contributed by atoms with E-state index in [2.05, 4.69) is 31.2 Å². The van der Waals surface area contributed by atoms with Crippen LogP contribution < -0.4 is 0 Å². The number of benzene rings is 1. The molecule has 0 radical (unpaired) electrons. The molecule has 0 fully saturated rings. The van der Waals surface area contributed by atoms with Crippen molar-refractivity contribution in [2.24, 2.45) is 5.92 Å². The minimum Gasteiger partial charge on any atom is -0.468 e. The van der Waals surface area contributed by atoms with Gasteiger partial charge in [-0.1, -0.05) is 32.9 Å². The Balaban J connectivity index is 2.75. The first-order valence-corrected chi connectivity index (χ1v) is 6.79. The molecule has 0 aromatic heterocycles. The molecule has 1 atom stereocenters. The van der Waals surface area contributed by atoms with Gasteiger partial charge in [0.15, 0.2) is 0 Å². The number of rotatable bonds is 5. The minimum atomic E-state index is -0.149. The van der Waals surface area contributed by atoms with Crippen molar-refractivity contribution >= 4 is 17.7 Å². The van der Waals surface area contributed by atoms with Crippen LogP contribution in [0.25, 0.3) is 0 Å². The molecule has 0 heterocycles. The van der Waals surface area contributed by atoms with E-state index in [-0.39, 0.29) is 17.1 Å². The fourth-order valence-corrected chi connectivity index (χ4v) is 2.57. The van der Waals surface area contributed by atoms with Gasteiger partial charge >= 0.3 is 5.97 Å². The Labute approximate surface area is 108 Å². The van der Waals surface area contributed by atoms with Gasteiger partial charge in [-0.15, -0.1) is 11.8 Å². The van der Waals surface area contributed by atoms with Crippen molar-refractivity contribution in [3.05, 3.63) is 29.8 Å². The predicted octanol–water partition coefficient (Wildman–Crippen LogP) is 3.54. The highest BCUT2D eigenvalue weighted by molar-refractivity contribution is 8.00. The zero-order chi connectivity index (χ0) is 12.8. The summed E-state index contributed by atoms with van der Waals surface area (Å²) in [6.07, 6.45) is 1.04. The highest BCUT2D eigenvalue weighted by atomic mass is 32.2. The van der Waals surface area contributed by atoms with Crippen LogP contribution in [-0.2, 0) is 16.0 Å². The molecule has 94 valence electrons. The van der Waals surface area contributed by atoms with E-state index in [9.17, 15) is 4.79 Å². The molecule has 1 unspecified atom stereocenters. The average Bonchev–Trinajstić information content (AvgIpc) is 2.35. The van der Waals surface area contributed by atoms with Gasteiger partial charge in [-0.3, -0.25) is 4.79 Å². The lowest BCUT2D eigenvalue weighted by atomic mass is 10.1. The summed E-state index contributed by atoms with van der Waals surface area (Å²) in [5.41, 5.74) is 1.31. The minimum absolute atomic E-state index is 0.132. The molecule has 0 aliphatic heterocycles. The summed E-state index contributed by atoms with van der Waals surface area (Å²) < 4.78 is 4.83. The quantitative estimate of drug-likeness (QED) is 0.592. The summed E-state index contributed by atoms with van der Waals surface area (Å²) >= 11 is 1.57. The Bertz CT molecular complexity index is 357. The second kappa shape index (κ2) is 6.70. The molecule has 0 saturated heterocycles. The molecule has 1 aromatic carbocycles. The summed E-state index contributed by atoms with van der Waals surface area (Å²) in [5, 5.41) is -0.132. The van der Waals surface area contributed by atoms with E-state index >= 15 is 0 Å². The van der Waals surface area contributed by atoms with Crippen molar-refractivity contribution in [1.29, 1.82) is 0 Å². The normalized spacial score (nSPS) is 12.5. The van der Waals surface area contributed by atoms with Crippen molar-refractivity contribution in [3.63, 3.8) is 0 Å². The summed E-state index contributed by atoms with van der Waals surface area (Å²) in [7, 11) is 1.44. The second-order valence-electron chi connectivity index (χ2n) is 4.30. The van der Waals surface area contributed by atoms with E-state index in [4.69, 9.17) is 4.74 Å². The van der Waals surface area contributed by atoms with E-state index in [0.717, 1.165) is 11.3 Å². The second-order valence-corrected chi connectivity index (χ2v) is 5.52. The molecule has 0 amide bonds. The van der Waals surface area contributed by atoms with Crippen LogP contribution in [0.5, 0.6) is 0 Å². The maximum atomic E-state index is 11.6. The zero-order valence-electron chi connectivity index (χ0n) is 10.9. The fraction of sp³-hybridized carbons (Fsp3) is 0.500. The lowest BCUT2D eigenvalue weighted by molar-refractivity contribution is -0.140. The smallest absolute Gasteiger partial charge is 0.319 e. The van der Waals surface area contributed by atoms with Gasteiger partial charge in [0.05, 0.1) is 7.11 Å². The van der Waals surface area contributed by atoms with Crippen molar-refractivity contribution in [2.75, 3.05) is 7.11 Å². The van der Waals surface area contributed by atoms with Crippen molar-refractivity contribution in [2.45, 2.75) is 37.3 Å². The molecule has 0 aliphatic carbocycles. The third kappa shape index (κ3) is 4.08. The highest BCUT2D eigenvalue weighted by Crippen LogP contribution is 2.29. The van der Waals surface area contributed by atoms with Crippen LogP contribution in [0.2, 0.25) is 0 Å². The topological polar surface area (TPSA) is 26.3 Å². The molecular weight excluding hydrogens is 232 g/mol. The number of ether oxygens (including phenoxy) is 1. The number of aryl methyl sites for hydroxylation is 1. The Morgan fingerprint density at radius 2 is 1.88 bits per heavy atom. The SMILES string of the molecule is CCc1ccc(SC(C(=O)OC)C(C)C)cc1. The molecule has 1 aromatic rings. The van der Waals surface area contributed by atoms with Crippen LogP contribution >= 0.6 is 11.8 Å². The lowest BCUT2D eigenvalue weighted by Gasteiger charge is -2.17. The summed E-state index contributed by atoms with van der Waals surface area (Å²) in [4.78, 5) is 12.8.